The molecule has 11 heavy (non-hydrogen) atoms. The Bertz CT molecular complexity index is 235. The zero-order chi connectivity index (χ0) is 8.10. The van der Waals surface area contributed by atoms with Gasteiger partial charge in [-0.25, -0.2) is 0 Å². The van der Waals surface area contributed by atoms with Crippen molar-refractivity contribution in [3.63, 3.8) is 0 Å². The van der Waals surface area contributed by atoms with Gasteiger partial charge < -0.3 is 4.74 Å². The van der Waals surface area contributed by atoms with Crippen molar-refractivity contribution in [2.24, 2.45) is 0 Å². The van der Waals surface area contributed by atoms with Gasteiger partial charge >= 0.3 is 0 Å². The van der Waals surface area contributed by atoms with E-state index in [1.165, 1.54) is 0 Å². The second kappa shape index (κ2) is 4.08. The molecule has 0 amide bonds. The van der Waals surface area contributed by atoms with Gasteiger partial charge in [0.2, 0.25) is 0 Å². The molecular formula is C7H6BrNO2. The number of carbonyl (C=O) groups excluding carboxylic acids is 1. The molecule has 0 fully saturated rings. The van der Waals surface area contributed by atoms with Crippen LogP contribution in [0.3, 0.4) is 0 Å². The van der Waals surface area contributed by atoms with Crippen molar-refractivity contribution in [2.75, 3.05) is 0 Å². The second-order valence-corrected chi connectivity index (χ2v) is 2.79. The molecule has 1 rings (SSSR count). The molecule has 0 aromatic carbocycles. The van der Waals surface area contributed by atoms with Crippen molar-refractivity contribution in [3.05, 3.63) is 28.5 Å². The summed E-state index contributed by atoms with van der Waals surface area (Å²) < 4.78 is 5.41. The number of hydrogen-bond acceptors (Lipinski definition) is 3. The first-order valence-corrected chi connectivity index (χ1v) is 3.78. The Labute approximate surface area is 72.5 Å². The third-order valence-corrected chi connectivity index (χ3v) is 1.56. The number of halogens is 1. The standard InChI is InChI=1S/C7H6BrNO2/c8-6-1-2-7(9-3-6)4-11-5-10/h1-3,5H,4H2. The van der Waals surface area contributed by atoms with Crippen molar-refractivity contribution in [2.45, 2.75) is 6.61 Å². The lowest BCUT2D eigenvalue weighted by atomic mass is 10.4. The highest BCUT2D eigenvalue weighted by atomic mass is 79.9. The Balaban J connectivity index is 2.58. The lowest BCUT2D eigenvalue weighted by molar-refractivity contribution is -0.129. The summed E-state index contributed by atoms with van der Waals surface area (Å²) in [4.78, 5) is 13.8. The average molecular weight is 216 g/mol. The zero-order valence-corrected chi connectivity index (χ0v) is 7.24. The third-order valence-electron chi connectivity index (χ3n) is 1.09. The Hall–Kier alpha value is -0.900. The van der Waals surface area contributed by atoms with Crippen LogP contribution in [0.25, 0.3) is 0 Å². The van der Waals surface area contributed by atoms with Crippen LogP contribution in [0, 0.1) is 0 Å². The number of nitrogens with zero attached hydrogens (tertiary/aromatic N) is 1. The van der Waals surface area contributed by atoms with Gasteiger partial charge in [-0.1, -0.05) is 0 Å². The van der Waals surface area contributed by atoms with E-state index in [1.807, 2.05) is 6.07 Å². The summed E-state index contributed by atoms with van der Waals surface area (Å²) in [5, 5.41) is 0. The predicted molar refractivity (Wildman–Crippen MR) is 42.8 cm³/mol. The first kappa shape index (κ1) is 8.20. The lowest BCUT2D eigenvalue weighted by Crippen LogP contribution is -1.92. The quantitative estimate of drug-likeness (QED) is 0.719. The van der Waals surface area contributed by atoms with Crippen LogP contribution in [0.4, 0.5) is 0 Å². The van der Waals surface area contributed by atoms with Crippen LogP contribution in [-0.4, -0.2) is 11.5 Å². The molecule has 3 nitrogen and oxygen atoms in total. The Morgan fingerprint density at radius 3 is 3.00 bits per heavy atom. The first-order valence-electron chi connectivity index (χ1n) is 2.98. The molecule has 0 saturated carbocycles. The van der Waals surface area contributed by atoms with Gasteiger partial charge in [-0.15, -0.1) is 0 Å². The normalized spacial score (nSPS) is 9.18. The number of carbonyl (C=O) groups is 1. The number of pyridine rings is 1. The summed E-state index contributed by atoms with van der Waals surface area (Å²) in [6.07, 6.45) is 1.66. The summed E-state index contributed by atoms with van der Waals surface area (Å²) in [5.74, 6) is 0. The fraction of sp³-hybridized carbons (Fsp3) is 0.143. The molecule has 1 heterocycles. The minimum absolute atomic E-state index is 0.233. The Kier molecular flexibility index (Phi) is 3.04. The summed E-state index contributed by atoms with van der Waals surface area (Å²) >= 11 is 3.24. The SMILES string of the molecule is O=COCc1ccc(Br)cn1. The number of aromatic nitrogens is 1. The largest absolute Gasteiger partial charge is 0.461 e. The van der Waals surface area contributed by atoms with E-state index < -0.39 is 0 Å². The topological polar surface area (TPSA) is 39.2 Å². The van der Waals surface area contributed by atoms with Gasteiger partial charge in [-0.05, 0) is 28.1 Å². The number of ether oxygens (including phenoxy) is 1. The molecule has 0 aliphatic heterocycles. The lowest BCUT2D eigenvalue weighted by Gasteiger charge is -1.96. The van der Waals surface area contributed by atoms with E-state index in [0.717, 1.165) is 10.2 Å². The van der Waals surface area contributed by atoms with Crippen LogP contribution in [-0.2, 0) is 16.1 Å². The molecule has 0 bridgehead atoms. The van der Waals surface area contributed by atoms with Crippen molar-refractivity contribution in [3.8, 4) is 0 Å². The van der Waals surface area contributed by atoms with Crippen molar-refractivity contribution >= 4 is 22.4 Å². The molecular weight excluding hydrogens is 210 g/mol. The van der Waals surface area contributed by atoms with Gasteiger partial charge in [0.05, 0.1) is 5.69 Å². The number of rotatable bonds is 3. The van der Waals surface area contributed by atoms with Crippen molar-refractivity contribution in [1.82, 2.24) is 4.98 Å². The molecule has 0 saturated heterocycles. The third kappa shape index (κ3) is 2.67. The molecule has 0 radical (unpaired) electrons. The maximum Gasteiger partial charge on any atom is 0.293 e. The fourth-order valence-electron chi connectivity index (χ4n) is 0.611. The monoisotopic (exact) mass is 215 g/mol. The minimum atomic E-state index is 0.233. The molecule has 0 spiro atoms. The van der Waals surface area contributed by atoms with E-state index in [-0.39, 0.29) is 6.61 Å². The summed E-state index contributed by atoms with van der Waals surface area (Å²) in [6.45, 7) is 0.639. The van der Waals surface area contributed by atoms with Gasteiger partial charge in [0.25, 0.3) is 6.47 Å². The molecule has 0 aliphatic carbocycles. The van der Waals surface area contributed by atoms with Gasteiger partial charge in [0.1, 0.15) is 6.61 Å². The molecule has 4 heteroatoms. The highest BCUT2D eigenvalue weighted by molar-refractivity contribution is 9.10. The van der Waals surface area contributed by atoms with E-state index in [0.29, 0.717) is 6.47 Å². The van der Waals surface area contributed by atoms with E-state index >= 15 is 0 Å². The summed E-state index contributed by atoms with van der Waals surface area (Å²) in [6, 6.07) is 3.63. The van der Waals surface area contributed by atoms with Crippen LogP contribution in [0.1, 0.15) is 5.69 Å². The molecule has 0 N–H and O–H groups in total. The van der Waals surface area contributed by atoms with E-state index in [2.05, 4.69) is 25.7 Å². The molecule has 0 atom stereocenters. The Morgan fingerprint density at radius 1 is 1.64 bits per heavy atom. The van der Waals surface area contributed by atoms with Crippen LogP contribution >= 0.6 is 15.9 Å². The van der Waals surface area contributed by atoms with Crippen molar-refractivity contribution < 1.29 is 9.53 Å². The summed E-state index contributed by atoms with van der Waals surface area (Å²) in [7, 11) is 0. The summed E-state index contributed by atoms with van der Waals surface area (Å²) in [5.41, 5.74) is 0.736. The van der Waals surface area contributed by atoms with Gasteiger partial charge in [-0.3, -0.25) is 9.78 Å². The van der Waals surface area contributed by atoms with E-state index in [9.17, 15) is 4.79 Å². The maximum atomic E-state index is 9.79. The maximum absolute atomic E-state index is 9.79. The molecule has 0 aliphatic rings. The van der Waals surface area contributed by atoms with Crippen LogP contribution < -0.4 is 0 Å². The second-order valence-electron chi connectivity index (χ2n) is 1.87. The smallest absolute Gasteiger partial charge is 0.293 e. The average Bonchev–Trinajstić information content (AvgIpc) is 2.04. The molecule has 0 unspecified atom stereocenters. The highest BCUT2D eigenvalue weighted by Crippen LogP contribution is 2.07. The van der Waals surface area contributed by atoms with E-state index in [4.69, 9.17) is 0 Å². The first-order chi connectivity index (χ1) is 5.33. The minimum Gasteiger partial charge on any atom is -0.461 e. The highest BCUT2D eigenvalue weighted by Gasteiger charge is 1.92. The molecule has 1 aromatic rings. The van der Waals surface area contributed by atoms with Gasteiger partial charge in [-0.2, -0.15) is 0 Å². The molecule has 1 aromatic heterocycles. The Morgan fingerprint density at radius 2 is 2.45 bits per heavy atom. The van der Waals surface area contributed by atoms with Crippen LogP contribution in [0.5, 0.6) is 0 Å². The van der Waals surface area contributed by atoms with Crippen molar-refractivity contribution in [1.29, 1.82) is 0 Å². The van der Waals surface area contributed by atoms with Crippen LogP contribution in [0.15, 0.2) is 22.8 Å². The van der Waals surface area contributed by atoms with E-state index in [1.54, 1.807) is 12.3 Å². The molecule has 58 valence electrons. The van der Waals surface area contributed by atoms with Crippen LogP contribution in [0.2, 0.25) is 0 Å². The number of hydrogen-bond donors (Lipinski definition) is 0. The van der Waals surface area contributed by atoms with Gasteiger partial charge in [0.15, 0.2) is 0 Å². The fourth-order valence-corrected chi connectivity index (χ4v) is 0.846. The van der Waals surface area contributed by atoms with Gasteiger partial charge in [0, 0.05) is 10.7 Å². The predicted octanol–water partition coefficient (Wildman–Crippen LogP) is 1.52. The zero-order valence-electron chi connectivity index (χ0n) is 5.66.